The average Bonchev–Trinajstić information content (AvgIpc) is 3.61. The Balaban J connectivity index is 1.36. The normalized spacial score (nSPS) is 18.2. The summed E-state index contributed by atoms with van der Waals surface area (Å²) >= 11 is 0. The topological polar surface area (TPSA) is 44.9 Å². The van der Waals surface area contributed by atoms with Gasteiger partial charge in [0.25, 0.3) is 0 Å². The molecule has 0 amide bonds. The summed E-state index contributed by atoms with van der Waals surface area (Å²) in [6.45, 7) is 25.3. The molecule has 0 N–H and O–H groups in total. The zero-order valence-electron chi connectivity index (χ0n) is 33.8. The minimum atomic E-state index is -0.126. The maximum atomic E-state index is 6.89. The number of pyridine rings is 1. The Bertz CT molecular complexity index is 2320. The van der Waals surface area contributed by atoms with Crippen molar-refractivity contribution in [1.82, 2.24) is 19.3 Å². The van der Waals surface area contributed by atoms with Gasteiger partial charge in [-0.05, 0) is 104 Å². The number of benzene rings is 3. The van der Waals surface area contributed by atoms with Gasteiger partial charge in [0.15, 0.2) is 0 Å². The molecule has 5 nitrogen and oxygen atoms in total. The van der Waals surface area contributed by atoms with E-state index in [-0.39, 0.29) is 10.8 Å². The molecule has 53 heavy (non-hydrogen) atoms. The molecule has 0 saturated carbocycles. The second kappa shape index (κ2) is 14.0. The summed E-state index contributed by atoms with van der Waals surface area (Å²) in [5.74, 6) is 4.04. The second-order valence-electron chi connectivity index (χ2n) is 17.8. The number of allylic oxidation sites excluding steroid dienone is 2. The molecule has 0 bridgehead atoms. The number of fused-ring (bicyclic) bond motifs is 3. The van der Waals surface area contributed by atoms with E-state index in [0.717, 1.165) is 52.6 Å². The molecule has 276 valence electrons. The lowest BCUT2D eigenvalue weighted by Crippen LogP contribution is -2.25. The first-order chi connectivity index (χ1) is 25.1. The number of hydrogen-bond donors (Lipinski definition) is 0. The highest BCUT2D eigenvalue weighted by molar-refractivity contribution is 6.09. The SMILES string of the molecule is CCCCc1ccnc(-n2c3ccccc3c3ccc(Oc4cc(-n5nc(C)c([C@H]6C(C)=C[C@H](C)C[C@@H]6C)c5C(C)(C)C)cc(C(C)(C)C)c4)cc32)c1. The van der Waals surface area contributed by atoms with Crippen molar-refractivity contribution in [3.8, 4) is 23.0 Å². The molecule has 0 aliphatic heterocycles. The number of aromatic nitrogens is 4. The molecule has 0 fully saturated rings. The van der Waals surface area contributed by atoms with Crippen LogP contribution in [0.1, 0.15) is 122 Å². The van der Waals surface area contributed by atoms with E-state index in [1.165, 1.54) is 51.6 Å². The Morgan fingerprint density at radius 3 is 2.28 bits per heavy atom. The van der Waals surface area contributed by atoms with Crippen molar-refractivity contribution in [2.75, 3.05) is 0 Å². The minimum absolute atomic E-state index is 0.0980. The summed E-state index contributed by atoms with van der Waals surface area (Å²) < 4.78 is 11.4. The van der Waals surface area contributed by atoms with Crippen LogP contribution < -0.4 is 4.74 Å². The van der Waals surface area contributed by atoms with Gasteiger partial charge in [-0.2, -0.15) is 5.10 Å². The standard InChI is InChI=1S/C48H58N4O/c1-12-13-16-34-21-22-49-43(25-34)51-41-18-15-14-17-39(41)40-20-19-37(29-42(40)51)53-38-27-35(47(6,7)8)26-36(28-38)52-46(48(9,10)11)45(33(5)50-52)44-31(3)23-30(2)24-32(44)4/h14-15,17-23,25-30,32,44H,12-13,16,24H2,1-11H3/t30-,32-,44-/m0/s1. The summed E-state index contributed by atoms with van der Waals surface area (Å²) in [5, 5.41) is 7.73. The molecule has 7 rings (SSSR count). The number of nitrogens with zero attached hydrogens (tertiary/aromatic N) is 4. The fraction of sp³-hybridized carbons (Fsp3) is 0.417. The second-order valence-corrected chi connectivity index (χ2v) is 17.8. The lowest BCUT2D eigenvalue weighted by Gasteiger charge is -2.34. The van der Waals surface area contributed by atoms with E-state index in [0.29, 0.717) is 17.8 Å². The Kier molecular flexibility index (Phi) is 9.68. The summed E-state index contributed by atoms with van der Waals surface area (Å²) in [5.41, 5.74) is 10.8. The molecule has 3 aromatic carbocycles. The van der Waals surface area contributed by atoms with E-state index in [2.05, 4.69) is 164 Å². The summed E-state index contributed by atoms with van der Waals surface area (Å²) in [7, 11) is 0. The highest BCUT2D eigenvalue weighted by Crippen LogP contribution is 2.46. The molecular weight excluding hydrogens is 649 g/mol. The Morgan fingerprint density at radius 1 is 0.811 bits per heavy atom. The smallest absolute Gasteiger partial charge is 0.137 e. The van der Waals surface area contributed by atoms with Crippen LogP contribution in [0.25, 0.3) is 33.3 Å². The molecule has 3 aromatic heterocycles. The van der Waals surface area contributed by atoms with Crippen molar-refractivity contribution in [3.05, 3.63) is 119 Å². The largest absolute Gasteiger partial charge is 0.457 e. The molecule has 0 radical (unpaired) electrons. The number of aryl methyl sites for hydroxylation is 2. The maximum Gasteiger partial charge on any atom is 0.137 e. The summed E-state index contributed by atoms with van der Waals surface area (Å²) in [6.07, 6.45) is 9.00. The van der Waals surface area contributed by atoms with Crippen molar-refractivity contribution in [3.63, 3.8) is 0 Å². The van der Waals surface area contributed by atoms with Crippen molar-refractivity contribution in [1.29, 1.82) is 0 Å². The fourth-order valence-electron chi connectivity index (χ4n) is 8.84. The highest BCUT2D eigenvalue weighted by Gasteiger charge is 2.36. The molecule has 0 unspecified atom stereocenters. The van der Waals surface area contributed by atoms with Crippen molar-refractivity contribution in [2.24, 2.45) is 11.8 Å². The van der Waals surface area contributed by atoms with Crippen LogP contribution in [-0.4, -0.2) is 19.3 Å². The third kappa shape index (κ3) is 7.07. The number of para-hydroxylation sites is 1. The quantitative estimate of drug-likeness (QED) is 0.148. The van der Waals surface area contributed by atoms with Gasteiger partial charge in [-0.15, -0.1) is 0 Å². The Labute approximate surface area is 317 Å². The van der Waals surface area contributed by atoms with E-state index in [1.807, 2.05) is 6.20 Å². The predicted molar refractivity (Wildman–Crippen MR) is 222 cm³/mol. The van der Waals surface area contributed by atoms with Crippen LogP contribution in [0.2, 0.25) is 0 Å². The first kappa shape index (κ1) is 36.7. The van der Waals surface area contributed by atoms with Gasteiger partial charge in [0, 0.05) is 46.0 Å². The first-order valence-electron chi connectivity index (χ1n) is 19.7. The van der Waals surface area contributed by atoms with Gasteiger partial charge in [0.05, 0.1) is 28.1 Å². The van der Waals surface area contributed by atoms with Crippen LogP contribution in [0.3, 0.4) is 0 Å². The summed E-state index contributed by atoms with van der Waals surface area (Å²) in [4.78, 5) is 4.88. The number of unbranched alkanes of at least 4 members (excludes halogenated alkanes) is 1. The zero-order valence-corrected chi connectivity index (χ0v) is 33.8. The van der Waals surface area contributed by atoms with Gasteiger partial charge in [0.1, 0.15) is 17.3 Å². The third-order valence-corrected chi connectivity index (χ3v) is 11.2. The molecule has 1 aliphatic carbocycles. The molecule has 0 saturated heterocycles. The van der Waals surface area contributed by atoms with E-state index in [9.17, 15) is 0 Å². The van der Waals surface area contributed by atoms with Crippen molar-refractivity contribution < 1.29 is 4.74 Å². The predicted octanol–water partition coefficient (Wildman–Crippen LogP) is 13.1. The van der Waals surface area contributed by atoms with Gasteiger partial charge in [-0.3, -0.25) is 4.57 Å². The molecule has 1 aliphatic rings. The van der Waals surface area contributed by atoms with E-state index in [1.54, 1.807) is 0 Å². The molecule has 3 heterocycles. The van der Waals surface area contributed by atoms with Crippen LogP contribution in [0, 0.1) is 18.8 Å². The van der Waals surface area contributed by atoms with Gasteiger partial charge in [-0.1, -0.05) is 98.6 Å². The molecule has 6 aromatic rings. The fourth-order valence-corrected chi connectivity index (χ4v) is 8.84. The van der Waals surface area contributed by atoms with Gasteiger partial charge >= 0.3 is 0 Å². The van der Waals surface area contributed by atoms with Crippen LogP contribution in [0.15, 0.2) is 90.6 Å². The van der Waals surface area contributed by atoms with Crippen molar-refractivity contribution in [2.45, 2.75) is 119 Å². The van der Waals surface area contributed by atoms with Crippen LogP contribution in [0.5, 0.6) is 11.5 Å². The third-order valence-electron chi connectivity index (χ3n) is 11.2. The molecular formula is C48H58N4O. The van der Waals surface area contributed by atoms with E-state index in [4.69, 9.17) is 14.8 Å². The number of rotatable bonds is 8. The van der Waals surface area contributed by atoms with Gasteiger partial charge in [0.2, 0.25) is 0 Å². The average molecular weight is 707 g/mol. The van der Waals surface area contributed by atoms with Crippen LogP contribution >= 0.6 is 0 Å². The molecule has 0 spiro atoms. The van der Waals surface area contributed by atoms with Gasteiger partial charge in [-0.25, -0.2) is 9.67 Å². The monoisotopic (exact) mass is 706 g/mol. The van der Waals surface area contributed by atoms with E-state index < -0.39 is 0 Å². The van der Waals surface area contributed by atoms with Gasteiger partial charge < -0.3 is 4.74 Å². The Morgan fingerprint density at radius 2 is 1.57 bits per heavy atom. The molecule has 5 heteroatoms. The lowest BCUT2D eigenvalue weighted by molar-refractivity contribution is 0.385. The highest BCUT2D eigenvalue weighted by atomic mass is 16.5. The number of hydrogen-bond acceptors (Lipinski definition) is 3. The molecule has 3 atom stereocenters. The van der Waals surface area contributed by atoms with E-state index >= 15 is 0 Å². The maximum absolute atomic E-state index is 6.89. The van der Waals surface area contributed by atoms with Crippen LogP contribution in [0.4, 0.5) is 0 Å². The minimum Gasteiger partial charge on any atom is -0.457 e. The zero-order chi connectivity index (χ0) is 37.8. The Hall–Kier alpha value is -4.64. The number of ether oxygens (including phenoxy) is 1. The van der Waals surface area contributed by atoms with Crippen molar-refractivity contribution >= 4 is 21.8 Å². The van der Waals surface area contributed by atoms with Crippen LogP contribution in [-0.2, 0) is 17.3 Å². The lowest BCUT2D eigenvalue weighted by atomic mass is 9.70. The first-order valence-corrected chi connectivity index (χ1v) is 19.7. The summed E-state index contributed by atoms with van der Waals surface area (Å²) in [6, 6.07) is 26.2.